The van der Waals surface area contributed by atoms with E-state index in [9.17, 15) is 4.79 Å². The maximum absolute atomic E-state index is 12.5. The fraction of sp³-hybridized carbons (Fsp3) is 0.714. The molecule has 1 aromatic heterocycles. The van der Waals surface area contributed by atoms with Crippen LogP contribution in [-0.4, -0.2) is 63.4 Å². The number of aromatic amines is 1. The Morgan fingerprint density at radius 1 is 1.55 bits per heavy atom. The lowest BCUT2D eigenvalue weighted by Gasteiger charge is -2.41. The molecule has 0 saturated carbocycles. The predicted molar refractivity (Wildman–Crippen MR) is 82.7 cm³/mol. The van der Waals surface area contributed by atoms with E-state index in [1.807, 2.05) is 17.4 Å². The van der Waals surface area contributed by atoms with Gasteiger partial charge in [0, 0.05) is 32.0 Å². The van der Waals surface area contributed by atoms with Crippen LogP contribution in [0.15, 0.2) is 12.4 Å². The molecule has 1 aliphatic rings. The van der Waals surface area contributed by atoms with Gasteiger partial charge in [0.15, 0.2) is 0 Å². The summed E-state index contributed by atoms with van der Waals surface area (Å²) < 4.78 is 0. The summed E-state index contributed by atoms with van der Waals surface area (Å²) in [6, 6.07) is 0.187. The normalized spacial score (nSPS) is 21.9. The lowest BCUT2D eigenvalue weighted by molar-refractivity contribution is -0.133. The fourth-order valence-corrected chi connectivity index (χ4v) is 3.45. The number of H-pyrrole nitrogens is 1. The van der Waals surface area contributed by atoms with Crippen LogP contribution in [0.3, 0.4) is 0 Å². The number of thioether (sulfide) groups is 1. The summed E-state index contributed by atoms with van der Waals surface area (Å²) in [5.74, 6) is 1.23. The van der Waals surface area contributed by atoms with Crippen LogP contribution >= 0.6 is 11.8 Å². The number of nitrogens with one attached hydrogen (secondary N) is 1. The third-order valence-electron chi connectivity index (χ3n) is 3.97. The first kappa shape index (κ1) is 15.4. The maximum atomic E-state index is 12.5. The first-order valence-electron chi connectivity index (χ1n) is 7.26. The van der Waals surface area contributed by atoms with Crippen molar-refractivity contribution in [3.05, 3.63) is 18.2 Å². The van der Waals surface area contributed by atoms with Crippen molar-refractivity contribution in [2.24, 2.45) is 0 Å². The molecule has 0 aromatic carbocycles. The zero-order chi connectivity index (χ0) is 14.5. The van der Waals surface area contributed by atoms with Gasteiger partial charge in [0.1, 0.15) is 5.82 Å². The van der Waals surface area contributed by atoms with E-state index in [0.29, 0.717) is 0 Å². The van der Waals surface area contributed by atoms with Crippen LogP contribution in [0.2, 0.25) is 0 Å². The van der Waals surface area contributed by atoms with Gasteiger partial charge in [0.25, 0.3) is 0 Å². The van der Waals surface area contributed by atoms with E-state index in [1.165, 1.54) is 0 Å². The molecule has 0 bridgehead atoms. The molecule has 1 saturated heterocycles. The molecule has 0 spiro atoms. The Kier molecular flexibility index (Phi) is 5.48. The van der Waals surface area contributed by atoms with Gasteiger partial charge in [-0.25, -0.2) is 4.98 Å². The Bertz CT molecular complexity index is 419. The molecule has 6 heteroatoms. The molecule has 5 nitrogen and oxygen atoms in total. The van der Waals surface area contributed by atoms with Gasteiger partial charge in [-0.05, 0) is 19.2 Å². The Morgan fingerprint density at radius 2 is 2.35 bits per heavy atom. The number of hydrogen-bond donors (Lipinski definition) is 1. The van der Waals surface area contributed by atoms with Crippen molar-refractivity contribution in [2.75, 3.05) is 32.4 Å². The number of aromatic nitrogens is 2. The highest BCUT2D eigenvalue weighted by atomic mass is 32.2. The summed E-state index contributed by atoms with van der Waals surface area (Å²) in [5.41, 5.74) is 0. The number of imidazole rings is 1. The number of piperazine rings is 1. The summed E-state index contributed by atoms with van der Waals surface area (Å²) in [6.45, 7) is 7.68. The second-order valence-electron chi connectivity index (χ2n) is 5.04. The third kappa shape index (κ3) is 3.17. The quantitative estimate of drug-likeness (QED) is 0.899. The Balaban J connectivity index is 2.10. The molecule has 1 aliphatic heterocycles. The highest BCUT2D eigenvalue weighted by molar-refractivity contribution is 7.99. The average Bonchev–Trinajstić information content (AvgIpc) is 3.01. The predicted octanol–water partition coefficient (Wildman–Crippen LogP) is 1.76. The summed E-state index contributed by atoms with van der Waals surface area (Å²) in [5, 5.41) is 0.0837. The molecule has 1 aromatic rings. The second kappa shape index (κ2) is 7.13. The second-order valence-corrected chi connectivity index (χ2v) is 6.08. The van der Waals surface area contributed by atoms with Crippen LogP contribution in [0.25, 0.3) is 0 Å². The monoisotopic (exact) mass is 296 g/mol. The molecule has 0 unspecified atom stereocenters. The van der Waals surface area contributed by atoms with Crippen molar-refractivity contribution in [2.45, 2.75) is 31.6 Å². The molecule has 2 rings (SSSR count). The number of carbonyl (C=O) groups is 1. The fourth-order valence-electron chi connectivity index (χ4n) is 2.76. The number of hydrogen-bond acceptors (Lipinski definition) is 4. The molecule has 1 fully saturated rings. The Hall–Kier alpha value is -1.01. The van der Waals surface area contributed by atoms with Crippen LogP contribution in [0, 0.1) is 0 Å². The van der Waals surface area contributed by atoms with E-state index >= 15 is 0 Å². The van der Waals surface area contributed by atoms with Gasteiger partial charge in [-0.1, -0.05) is 13.8 Å². The summed E-state index contributed by atoms with van der Waals surface area (Å²) in [6.07, 6.45) is 6.53. The SMILES string of the molecule is CC[C@@H](SC)C(=O)N1CCN(CC)[C@@H](c2ncc[nH]2)C1. The molecule has 1 amide bonds. The minimum absolute atomic E-state index is 0.0837. The zero-order valence-electron chi connectivity index (χ0n) is 12.5. The van der Waals surface area contributed by atoms with Crippen LogP contribution in [0.4, 0.5) is 0 Å². The van der Waals surface area contributed by atoms with Gasteiger partial charge in [-0.2, -0.15) is 11.8 Å². The van der Waals surface area contributed by atoms with Crippen LogP contribution in [-0.2, 0) is 4.79 Å². The van der Waals surface area contributed by atoms with E-state index in [1.54, 1.807) is 18.0 Å². The highest BCUT2D eigenvalue weighted by Gasteiger charge is 2.33. The number of nitrogens with zero attached hydrogens (tertiary/aromatic N) is 3. The van der Waals surface area contributed by atoms with Crippen LogP contribution in [0.5, 0.6) is 0 Å². The zero-order valence-corrected chi connectivity index (χ0v) is 13.3. The van der Waals surface area contributed by atoms with E-state index in [0.717, 1.165) is 38.4 Å². The van der Waals surface area contributed by atoms with E-state index in [2.05, 4.69) is 28.7 Å². The lowest BCUT2D eigenvalue weighted by Crippen LogP contribution is -2.52. The van der Waals surface area contributed by atoms with Gasteiger partial charge in [-0.3, -0.25) is 9.69 Å². The molecule has 2 heterocycles. The van der Waals surface area contributed by atoms with Gasteiger partial charge >= 0.3 is 0 Å². The first-order valence-corrected chi connectivity index (χ1v) is 8.54. The van der Waals surface area contributed by atoms with Gasteiger partial charge in [-0.15, -0.1) is 0 Å². The molecule has 0 radical (unpaired) electrons. The molecular weight excluding hydrogens is 272 g/mol. The van der Waals surface area contributed by atoms with E-state index in [4.69, 9.17) is 0 Å². The molecule has 20 heavy (non-hydrogen) atoms. The number of rotatable bonds is 5. The number of likely N-dealkylation sites (N-methyl/N-ethyl adjacent to an activating group) is 1. The van der Waals surface area contributed by atoms with E-state index < -0.39 is 0 Å². The maximum Gasteiger partial charge on any atom is 0.235 e. The summed E-state index contributed by atoms with van der Waals surface area (Å²) in [7, 11) is 0. The number of amides is 1. The van der Waals surface area contributed by atoms with Crippen molar-refractivity contribution in [3.63, 3.8) is 0 Å². The molecule has 112 valence electrons. The van der Waals surface area contributed by atoms with Gasteiger partial charge in [0.05, 0.1) is 11.3 Å². The van der Waals surface area contributed by atoms with Crippen molar-refractivity contribution >= 4 is 17.7 Å². The van der Waals surface area contributed by atoms with Crippen molar-refractivity contribution < 1.29 is 4.79 Å². The smallest absolute Gasteiger partial charge is 0.235 e. The lowest BCUT2D eigenvalue weighted by atomic mass is 10.1. The van der Waals surface area contributed by atoms with Crippen molar-refractivity contribution in [1.29, 1.82) is 0 Å². The highest BCUT2D eigenvalue weighted by Crippen LogP contribution is 2.24. The van der Waals surface area contributed by atoms with Crippen molar-refractivity contribution in [3.8, 4) is 0 Å². The molecule has 1 N–H and O–H groups in total. The minimum Gasteiger partial charge on any atom is -0.347 e. The molecular formula is C14H24N4OS. The minimum atomic E-state index is 0.0837. The standard InChI is InChI=1S/C14H24N4OS/c1-4-12(20-3)14(19)18-9-8-17(5-2)11(10-18)13-15-6-7-16-13/h6-7,11-12H,4-5,8-10H2,1-3H3,(H,15,16)/t11-,12-/m1/s1. The van der Waals surface area contributed by atoms with Crippen LogP contribution in [0.1, 0.15) is 32.1 Å². The third-order valence-corrected chi connectivity index (χ3v) is 5.08. The number of carbonyl (C=O) groups excluding carboxylic acids is 1. The molecule has 2 atom stereocenters. The first-order chi connectivity index (χ1) is 9.71. The molecule has 0 aliphatic carbocycles. The summed E-state index contributed by atoms with van der Waals surface area (Å²) in [4.78, 5) is 24.5. The van der Waals surface area contributed by atoms with Crippen molar-refractivity contribution in [1.82, 2.24) is 19.8 Å². The topological polar surface area (TPSA) is 52.2 Å². The van der Waals surface area contributed by atoms with Crippen LogP contribution < -0.4 is 0 Å². The van der Waals surface area contributed by atoms with Gasteiger partial charge < -0.3 is 9.88 Å². The average molecular weight is 296 g/mol. The largest absolute Gasteiger partial charge is 0.347 e. The summed E-state index contributed by atoms with van der Waals surface area (Å²) >= 11 is 1.65. The Morgan fingerprint density at radius 3 is 2.90 bits per heavy atom. The van der Waals surface area contributed by atoms with Gasteiger partial charge in [0.2, 0.25) is 5.91 Å². The van der Waals surface area contributed by atoms with E-state index in [-0.39, 0.29) is 17.2 Å². The Labute approximate surface area is 125 Å².